The van der Waals surface area contributed by atoms with E-state index in [-0.39, 0.29) is 11.9 Å². The van der Waals surface area contributed by atoms with E-state index in [1.807, 2.05) is 0 Å². The van der Waals surface area contributed by atoms with Crippen molar-refractivity contribution in [1.82, 2.24) is 15.1 Å². The van der Waals surface area contributed by atoms with Gasteiger partial charge in [-0.05, 0) is 19.4 Å². The van der Waals surface area contributed by atoms with Gasteiger partial charge in [0.25, 0.3) is 0 Å². The van der Waals surface area contributed by atoms with Crippen molar-refractivity contribution in [3.05, 3.63) is 0 Å². The molecular formula is C11H19N3O3. The van der Waals surface area contributed by atoms with E-state index in [0.29, 0.717) is 26.2 Å². The second kappa shape index (κ2) is 5.35. The maximum absolute atomic E-state index is 12.1. The largest absolute Gasteiger partial charge is 0.465 e. The zero-order valence-corrected chi connectivity index (χ0v) is 9.89. The van der Waals surface area contributed by atoms with Gasteiger partial charge in [0, 0.05) is 26.2 Å². The molecule has 2 heterocycles. The Labute approximate surface area is 101 Å². The van der Waals surface area contributed by atoms with Crippen LogP contribution in [0, 0.1) is 0 Å². The zero-order chi connectivity index (χ0) is 12.3. The highest BCUT2D eigenvalue weighted by atomic mass is 16.4. The van der Waals surface area contributed by atoms with E-state index >= 15 is 0 Å². The van der Waals surface area contributed by atoms with Gasteiger partial charge in [0.05, 0.1) is 6.04 Å². The van der Waals surface area contributed by atoms with Crippen molar-refractivity contribution in [2.45, 2.75) is 25.3 Å². The fourth-order valence-corrected chi connectivity index (χ4v) is 2.40. The van der Waals surface area contributed by atoms with Crippen LogP contribution in [0.15, 0.2) is 0 Å². The summed E-state index contributed by atoms with van der Waals surface area (Å²) in [6.45, 7) is 2.79. The summed E-state index contributed by atoms with van der Waals surface area (Å²) in [5, 5.41) is 12.1. The molecular weight excluding hydrogens is 222 g/mol. The first-order valence-electron chi connectivity index (χ1n) is 6.18. The van der Waals surface area contributed by atoms with Crippen LogP contribution in [0.5, 0.6) is 0 Å². The lowest BCUT2D eigenvalue weighted by atomic mass is 10.0. The van der Waals surface area contributed by atoms with Gasteiger partial charge in [-0.2, -0.15) is 0 Å². The first kappa shape index (κ1) is 12.2. The summed E-state index contributed by atoms with van der Waals surface area (Å²) in [6.07, 6.45) is 2.24. The monoisotopic (exact) mass is 241 g/mol. The number of carbonyl (C=O) groups is 2. The van der Waals surface area contributed by atoms with E-state index in [4.69, 9.17) is 5.11 Å². The molecule has 0 bridgehead atoms. The highest BCUT2D eigenvalue weighted by Crippen LogP contribution is 2.11. The predicted octanol–water partition coefficient (Wildman–Crippen LogP) is -0.0493. The molecule has 0 aromatic heterocycles. The molecule has 2 aliphatic heterocycles. The Bertz CT molecular complexity index is 294. The summed E-state index contributed by atoms with van der Waals surface area (Å²) in [5.41, 5.74) is 0. The topological polar surface area (TPSA) is 72.9 Å². The number of carbonyl (C=O) groups excluding carboxylic acids is 1. The number of hydrogen-bond acceptors (Lipinski definition) is 3. The summed E-state index contributed by atoms with van der Waals surface area (Å²) in [7, 11) is 0. The maximum atomic E-state index is 12.1. The fraction of sp³-hybridized carbons (Fsp3) is 0.818. The average Bonchev–Trinajstić information content (AvgIpc) is 2.39. The quantitative estimate of drug-likeness (QED) is 0.675. The smallest absolute Gasteiger partial charge is 0.407 e. The van der Waals surface area contributed by atoms with E-state index < -0.39 is 6.09 Å². The summed E-state index contributed by atoms with van der Waals surface area (Å²) in [4.78, 5) is 26.0. The van der Waals surface area contributed by atoms with Gasteiger partial charge in [-0.1, -0.05) is 6.42 Å². The molecule has 17 heavy (non-hydrogen) atoms. The molecule has 0 radical (unpaired) electrons. The van der Waals surface area contributed by atoms with Crippen LogP contribution in [0.3, 0.4) is 0 Å². The molecule has 2 rings (SSSR count). The normalized spacial score (nSPS) is 25.8. The van der Waals surface area contributed by atoms with Gasteiger partial charge in [-0.15, -0.1) is 0 Å². The van der Waals surface area contributed by atoms with Crippen molar-refractivity contribution in [3.8, 4) is 0 Å². The number of carboxylic acid groups (broad SMARTS) is 1. The average molecular weight is 241 g/mol. The number of nitrogens with one attached hydrogen (secondary N) is 1. The minimum absolute atomic E-state index is 0.0554. The minimum atomic E-state index is -0.895. The van der Waals surface area contributed by atoms with Crippen molar-refractivity contribution in [2.24, 2.45) is 0 Å². The predicted molar refractivity (Wildman–Crippen MR) is 61.8 cm³/mol. The Morgan fingerprint density at radius 2 is 1.71 bits per heavy atom. The molecule has 6 heteroatoms. The van der Waals surface area contributed by atoms with Crippen molar-refractivity contribution in [2.75, 3.05) is 32.7 Å². The number of amides is 2. The van der Waals surface area contributed by atoms with Crippen LogP contribution >= 0.6 is 0 Å². The summed E-state index contributed by atoms with van der Waals surface area (Å²) >= 11 is 0. The van der Waals surface area contributed by atoms with E-state index in [0.717, 1.165) is 25.8 Å². The molecule has 0 aromatic rings. The van der Waals surface area contributed by atoms with Gasteiger partial charge < -0.3 is 20.2 Å². The summed E-state index contributed by atoms with van der Waals surface area (Å²) < 4.78 is 0. The van der Waals surface area contributed by atoms with Crippen LogP contribution in [0.1, 0.15) is 19.3 Å². The van der Waals surface area contributed by atoms with Gasteiger partial charge in [-0.25, -0.2) is 4.79 Å². The Morgan fingerprint density at radius 1 is 1.06 bits per heavy atom. The molecule has 1 unspecified atom stereocenters. The molecule has 2 aliphatic rings. The second-order valence-electron chi connectivity index (χ2n) is 4.60. The second-order valence-corrected chi connectivity index (χ2v) is 4.60. The van der Waals surface area contributed by atoms with Crippen molar-refractivity contribution in [3.63, 3.8) is 0 Å². The third-order valence-electron chi connectivity index (χ3n) is 3.47. The van der Waals surface area contributed by atoms with E-state index in [1.165, 1.54) is 4.90 Å². The Kier molecular flexibility index (Phi) is 3.83. The highest BCUT2D eigenvalue weighted by molar-refractivity contribution is 5.82. The molecule has 0 spiro atoms. The van der Waals surface area contributed by atoms with Crippen molar-refractivity contribution in [1.29, 1.82) is 0 Å². The molecule has 2 amide bonds. The lowest BCUT2D eigenvalue weighted by Gasteiger charge is -2.36. The standard InChI is InChI=1S/C11H19N3O3/c15-10(9-3-1-2-4-12-9)13-5-7-14(8-6-13)11(16)17/h9,12H,1-8H2,(H,16,17). The number of hydrogen-bond donors (Lipinski definition) is 2. The van der Waals surface area contributed by atoms with Gasteiger partial charge in [-0.3, -0.25) is 4.79 Å². The Hall–Kier alpha value is -1.30. The lowest BCUT2D eigenvalue weighted by molar-refractivity contribution is -0.135. The first-order chi connectivity index (χ1) is 8.18. The van der Waals surface area contributed by atoms with Gasteiger partial charge >= 0.3 is 6.09 Å². The minimum Gasteiger partial charge on any atom is -0.465 e. The molecule has 0 saturated carbocycles. The number of piperidine rings is 1. The van der Waals surface area contributed by atoms with Crippen molar-refractivity contribution >= 4 is 12.0 Å². The zero-order valence-electron chi connectivity index (χ0n) is 9.89. The van der Waals surface area contributed by atoms with Crippen LogP contribution in [0.2, 0.25) is 0 Å². The van der Waals surface area contributed by atoms with Gasteiger partial charge in [0.15, 0.2) is 0 Å². The lowest BCUT2D eigenvalue weighted by Crippen LogP contribution is -2.55. The molecule has 0 aromatic carbocycles. The van der Waals surface area contributed by atoms with E-state index in [9.17, 15) is 9.59 Å². The van der Waals surface area contributed by atoms with Crippen LogP contribution in [0.25, 0.3) is 0 Å². The van der Waals surface area contributed by atoms with Crippen LogP contribution in [0.4, 0.5) is 4.79 Å². The van der Waals surface area contributed by atoms with E-state index in [1.54, 1.807) is 4.90 Å². The number of nitrogens with zero attached hydrogens (tertiary/aromatic N) is 2. The molecule has 0 aliphatic carbocycles. The van der Waals surface area contributed by atoms with Crippen molar-refractivity contribution < 1.29 is 14.7 Å². The Balaban J connectivity index is 1.83. The molecule has 2 fully saturated rings. The molecule has 96 valence electrons. The molecule has 1 atom stereocenters. The molecule has 2 N–H and O–H groups in total. The highest BCUT2D eigenvalue weighted by Gasteiger charge is 2.29. The third kappa shape index (κ3) is 2.88. The SMILES string of the molecule is O=C(O)N1CCN(C(=O)C2CCCCN2)CC1. The first-order valence-corrected chi connectivity index (χ1v) is 6.18. The molecule has 2 saturated heterocycles. The van der Waals surface area contributed by atoms with Crippen LogP contribution in [-0.4, -0.2) is 65.7 Å². The third-order valence-corrected chi connectivity index (χ3v) is 3.47. The number of piperazine rings is 1. The Morgan fingerprint density at radius 3 is 2.24 bits per heavy atom. The van der Waals surface area contributed by atoms with Crippen LogP contribution < -0.4 is 5.32 Å². The van der Waals surface area contributed by atoms with Gasteiger partial charge in [0.1, 0.15) is 0 Å². The summed E-state index contributed by atoms with van der Waals surface area (Å²) in [6, 6.07) is -0.0554. The van der Waals surface area contributed by atoms with Gasteiger partial charge in [0.2, 0.25) is 5.91 Å². The number of rotatable bonds is 1. The maximum Gasteiger partial charge on any atom is 0.407 e. The van der Waals surface area contributed by atoms with E-state index in [2.05, 4.69) is 5.32 Å². The molecule has 6 nitrogen and oxygen atoms in total. The fourth-order valence-electron chi connectivity index (χ4n) is 2.40. The van der Waals surface area contributed by atoms with Crippen LogP contribution in [-0.2, 0) is 4.79 Å². The summed E-state index contributed by atoms with van der Waals surface area (Å²) in [5.74, 6) is 0.134.